The zero-order chi connectivity index (χ0) is 10.4. The van der Waals surface area contributed by atoms with Crippen molar-refractivity contribution in [1.82, 2.24) is 0 Å². The lowest BCUT2D eigenvalue weighted by Gasteiger charge is -2.09. The molecule has 0 aliphatic rings. The van der Waals surface area contributed by atoms with Gasteiger partial charge in [0.1, 0.15) is 0 Å². The summed E-state index contributed by atoms with van der Waals surface area (Å²) in [5, 5.41) is 9.68. The van der Waals surface area contributed by atoms with Crippen LogP contribution in [0.2, 0.25) is 0 Å². The maximum Gasteiger partial charge on any atom is 0.0583 e. The standard InChI is InChI=1S/C13H18O/c1-3-4-8-13(14)10-12-7-5-6-11(2)9-12/h3,5-7,9,13-14H,1,4,8,10H2,2H3. The van der Waals surface area contributed by atoms with Crippen LogP contribution in [-0.4, -0.2) is 11.2 Å². The second kappa shape index (κ2) is 5.61. The molecule has 0 amide bonds. The van der Waals surface area contributed by atoms with Crippen molar-refractivity contribution in [1.29, 1.82) is 0 Å². The summed E-state index contributed by atoms with van der Waals surface area (Å²) in [4.78, 5) is 0. The Labute approximate surface area is 86.1 Å². The zero-order valence-corrected chi connectivity index (χ0v) is 8.74. The van der Waals surface area contributed by atoms with Gasteiger partial charge in [-0.1, -0.05) is 35.9 Å². The van der Waals surface area contributed by atoms with Gasteiger partial charge < -0.3 is 5.11 Å². The fraction of sp³-hybridized carbons (Fsp3) is 0.385. The Hall–Kier alpha value is -1.08. The van der Waals surface area contributed by atoms with Gasteiger partial charge in [-0.2, -0.15) is 0 Å². The maximum absolute atomic E-state index is 9.68. The fourth-order valence-electron chi connectivity index (χ4n) is 1.52. The third-order valence-corrected chi connectivity index (χ3v) is 2.26. The van der Waals surface area contributed by atoms with Crippen molar-refractivity contribution in [3.63, 3.8) is 0 Å². The average molecular weight is 190 g/mol. The molecule has 0 aliphatic heterocycles. The van der Waals surface area contributed by atoms with E-state index in [0.717, 1.165) is 19.3 Å². The van der Waals surface area contributed by atoms with Crippen molar-refractivity contribution in [2.75, 3.05) is 0 Å². The second-order valence-corrected chi connectivity index (χ2v) is 3.71. The first-order chi connectivity index (χ1) is 6.72. The summed E-state index contributed by atoms with van der Waals surface area (Å²) in [6.07, 6.45) is 4.04. The summed E-state index contributed by atoms with van der Waals surface area (Å²) in [6.45, 7) is 5.71. The summed E-state index contributed by atoms with van der Waals surface area (Å²) in [7, 11) is 0. The van der Waals surface area contributed by atoms with Crippen LogP contribution < -0.4 is 0 Å². The van der Waals surface area contributed by atoms with Gasteiger partial charge in [-0.05, 0) is 31.7 Å². The molecule has 0 spiro atoms. The van der Waals surface area contributed by atoms with Gasteiger partial charge in [0.2, 0.25) is 0 Å². The first-order valence-electron chi connectivity index (χ1n) is 5.07. The number of aliphatic hydroxyl groups excluding tert-OH is 1. The summed E-state index contributed by atoms with van der Waals surface area (Å²) >= 11 is 0. The second-order valence-electron chi connectivity index (χ2n) is 3.71. The van der Waals surface area contributed by atoms with Crippen LogP contribution in [0.1, 0.15) is 24.0 Å². The van der Waals surface area contributed by atoms with E-state index in [9.17, 15) is 5.11 Å². The number of rotatable bonds is 5. The molecule has 1 aromatic rings. The van der Waals surface area contributed by atoms with Crippen LogP contribution in [0.4, 0.5) is 0 Å². The van der Waals surface area contributed by atoms with E-state index in [2.05, 4.69) is 31.7 Å². The van der Waals surface area contributed by atoms with Crippen molar-refractivity contribution in [3.8, 4) is 0 Å². The van der Waals surface area contributed by atoms with Crippen LogP contribution in [0.25, 0.3) is 0 Å². The van der Waals surface area contributed by atoms with Gasteiger partial charge >= 0.3 is 0 Å². The van der Waals surface area contributed by atoms with Crippen LogP contribution >= 0.6 is 0 Å². The van der Waals surface area contributed by atoms with Crippen LogP contribution in [0.5, 0.6) is 0 Å². The minimum Gasteiger partial charge on any atom is -0.393 e. The fourth-order valence-corrected chi connectivity index (χ4v) is 1.52. The molecule has 1 nitrogen and oxygen atoms in total. The van der Waals surface area contributed by atoms with E-state index < -0.39 is 0 Å². The highest BCUT2D eigenvalue weighted by Gasteiger charge is 2.03. The molecule has 0 saturated heterocycles. The minimum atomic E-state index is -0.241. The van der Waals surface area contributed by atoms with E-state index in [0.29, 0.717) is 0 Å². The Balaban J connectivity index is 2.47. The summed E-state index contributed by atoms with van der Waals surface area (Å²) < 4.78 is 0. The van der Waals surface area contributed by atoms with Gasteiger partial charge in [0.05, 0.1) is 6.10 Å². The monoisotopic (exact) mass is 190 g/mol. The van der Waals surface area contributed by atoms with E-state index in [1.54, 1.807) is 0 Å². The number of hydrogen-bond acceptors (Lipinski definition) is 1. The Morgan fingerprint density at radius 1 is 1.50 bits per heavy atom. The van der Waals surface area contributed by atoms with Crippen molar-refractivity contribution in [2.45, 2.75) is 32.3 Å². The molecule has 1 atom stereocenters. The number of benzene rings is 1. The van der Waals surface area contributed by atoms with Crippen molar-refractivity contribution in [2.24, 2.45) is 0 Å². The molecule has 1 heteroatoms. The maximum atomic E-state index is 9.68. The van der Waals surface area contributed by atoms with E-state index in [1.807, 2.05) is 12.1 Å². The lowest BCUT2D eigenvalue weighted by molar-refractivity contribution is 0.166. The molecular formula is C13H18O. The van der Waals surface area contributed by atoms with Gasteiger partial charge in [-0.3, -0.25) is 0 Å². The minimum absolute atomic E-state index is 0.241. The smallest absolute Gasteiger partial charge is 0.0583 e. The van der Waals surface area contributed by atoms with Crippen molar-refractivity contribution >= 4 is 0 Å². The Bertz CT molecular complexity index is 291. The summed E-state index contributed by atoms with van der Waals surface area (Å²) in [6, 6.07) is 8.28. The predicted molar refractivity (Wildman–Crippen MR) is 60.3 cm³/mol. The number of aliphatic hydroxyl groups is 1. The van der Waals surface area contributed by atoms with Crippen LogP contribution in [0.15, 0.2) is 36.9 Å². The van der Waals surface area contributed by atoms with Crippen molar-refractivity contribution < 1.29 is 5.11 Å². The topological polar surface area (TPSA) is 20.2 Å². The predicted octanol–water partition coefficient (Wildman–Crippen LogP) is 2.86. The molecule has 1 unspecified atom stereocenters. The Morgan fingerprint density at radius 2 is 2.29 bits per heavy atom. The largest absolute Gasteiger partial charge is 0.393 e. The highest BCUT2D eigenvalue weighted by Crippen LogP contribution is 2.09. The van der Waals surface area contributed by atoms with Gasteiger partial charge in [0.15, 0.2) is 0 Å². The Kier molecular flexibility index (Phi) is 4.41. The van der Waals surface area contributed by atoms with E-state index in [4.69, 9.17) is 0 Å². The lowest BCUT2D eigenvalue weighted by Crippen LogP contribution is -2.09. The van der Waals surface area contributed by atoms with Gasteiger partial charge in [0, 0.05) is 0 Å². The summed E-state index contributed by atoms with van der Waals surface area (Å²) in [5.41, 5.74) is 2.46. The van der Waals surface area contributed by atoms with Gasteiger partial charge in [-0.25, -0.2) is 0 Å². The molecule has 0 aliphatic carbocycles. The number of aryl methyl sites for hydroxylation is 1. The zero-order valence-electron chi connectivity index (χ0n) is 8.74. The molecule has 1 N–H and O–H groups in total. The molecule has 0 heterocycles. The molecule has 76 valence electrons. The van der Waals surface area contributed by atoms with Crippen LogP contribution in [0, 0.1) is 6.92 Å². The molecular weight excluding hydrogens is 172 g/mol. The normalized spacial score (nSPS) is 12.4. The number of hydrogen-bond donors (Lipinski definition) is 1. The molecule has 0 aromatic heterocycles. The molecule has 0 fully saturated rings. The van der Waals surface area contributed by atoms with E-state index in [-0.39, 0.29) is 6.10 Å². The van der Waals surface area contributed by atoms with Crippen LogP contribution in [0.3, 0.4) is 0 Å². The van der Waals surface area contributed by atoms with Gasteiger partial charge in [-0.15, -0.1) is 6.58 Å². The summed E-state index contributed by atoms with van der Waals surface area (Å²) in [5.74, 6) is 0. The van der Waals surface area contributed by atoms with Crippen molar-refractivity contribution in [3.05, 3.63) is 48.0 Å². The first kappa shape index (κ1) is 11.0. The van der Waals surface area contributed by atoms with Crippen LogP contribution in [-0.2, 0) is 6.42 Å². The molecule has 0 bridgehead atoms. The highest BCUT2D eigenvalue weighted by atomic mass is 16.3. The lowest BCUT2D eigenvalue weighted by atomic mass is 10.0. The third kappa shape index (κ3) is 3.75. The van der Waals surface area contributed by atoms with E-state index >= 15 is 0 Å². The number of allylic oxidation sites excluding steroid dienone is 1. The molecule has 14 heavy (non-hydrogen) atoms. The SMILES string of the molecule is C=CCCC(O)Cc1cccc(C)c1. The third-order valence-electron chi connectivity index (χ3n) is 2.26. The highest BCUT2D eigenvalue weighted by molar-refractivity contribution is 5.22. The Morgan fingerprint density at radius 3 is 2.93 bits per heavy atom. The molecule has 0 saturated carbocycles. The molecule has 0 radical (unpaired) electrons. The quantitative estimate of drug-likeness (QED) is 0.708. The first-order valence-corrected chi connectivity index (χ1v) is 5.07. The van der Waals surface area contributed by atoms with E-state index in [1.165, 1.54) is 11.1 Å². The molecule has 1 rings (SSSR count). The molecule has 1 aromatic carbocycles. The average Bonchev–Trinajstić information content (AvgIpc) is 2.15. The van der Waals surface area contributed by atoms with Gasteiger partial charge in [0.25, 0.3) is 0 Å².